The van der Waals surface area contributed by atoms with Gasteiger partial charge in [-0.2, -0.15) is 0 Å². The summed E-state index contributed by atoms with van der Waals surface area (Å²) in [5.74, 6) is -4.06. The molecule has 36 heavy (non-hydrogen) atoms. The molecule has 4 aliphatic carbocycles. The van der Waals surface area contributed by atoms with Gasteiger partial charge in [0.1, 0.15) is 17.1 Å². The minimum absolute atomic E-state index is 0.0316. The van der Waals surface area contributed by atoms with Crippen molar-refractivity contribution in [2.45, 2.75) is 49.3 Å². The number of amides is 1. The third-order valence-electron chi connectivity index (χ3n) is 8.01. The van der Waals surface area contributed by atoms with E-state index in [1.165, 1.54) is 0 Å². The van der Waals surface area contributed by atoms with Crippen LogP contribution in [-0.2, 0) is 30.3 Å². The van der Waals surface area contributed by atoms with E-state index in [1.54, 1.807) is 0 Å². The average molecular weight is 496 g/mol. The Morgan fingerprint density at radius 1 is 0.778 bits per heavy atom. The summed E-state index contributed by atoms with van der Waals surface area (Å²) in [4.78, 5) is 27.3. The van der Waals surface area contributed by atoms with E-state index in [4.69, 9.17) is 9.47 Å². The topological polar surface area (TPSA) is 125 Å². The first-order valence-electron chi connectivity index (χ1n) is 12.7. The van der Waals surface area contributed by atoms with Crippen LogP contribution in [0.1, 0.15) is 54.4 Å². The smallest absolute Gasteiger partial charge is 0.311 e. The van der Waals surface area contributed by atoms with Gasteiger partial charge in [0.25, 0.3) is 0 Å². The minimum atomic E-state index is -1.50. The molecule has 0 radical (unpaired) electrons. The summed E-state index contributed by atoms with van der Waals surface area (Å²) in [6.45, 7) is -0.767. The highest BCUT2D eigenvalue weighted by Gasteiger charge is 2.71. The van der Waals surface area contributed by atoms with Gasteiger partial charge in [0.05, 0.1) is 32.3 Å². The highest BCUT2D eigenvalue weighted by atomic mass is 16.5. The Labute approximate surface area is 210 Å². The first-order chi connectivity index (χ1) is 17.5. The Kier molecular flexibility index (Phi) is 6.87. The lowest BCUT2D eigenvalue weighted by Gasteiger charge is -2.60. The fourth-order valence-corrected chi connectivity index (χ4v) is 6.79. The van der Waals surface area contributed by atoms with Crippen LogP contribution in [0.3, 0.4) is 0 Å². The molecular weight excluding hydrogens is 462 g/mol. The van der Waals surface area contributed by atoms with Crippen molar-refractivity contribution in [1.82, 2.24) is 5.32 Å². The first kappa shape index (κ1) is 24.9. The monoisotopic (exact) mass is 495 g/mol. The number of carbonyl (C=O) groups excluding carboxylic acids is 1. The van der Waals surface area contributed by atoms with Crippen LogP contribution in [0.4, 0.5) is 0 Å². The van der Waals surface area contributed by atoms with Crippen molar-refractivity contribution < 1.29 is 34.4 Å². The molecule has 1 amide bonds. The number of carboxylic acid groups (broad SMARTS) is 1. The van der Waals surface area contributed by atoms with Crippen LogP contribution >= 0.6 is 0 Å². The van der Waals surface area contributed by atoms with Crippen molar-refractivity contribution in [3.05, 3.63) is 70.8 Å². The molecule has 8 heteroatoms. The number of rotatable bonds is 9. The Bertz CT molecular complexity index is 1080. The van der Waals surface area contributed by atoms with Gasteiger partial charge in [0.15, 0.2) is 0 Å². The number of nitrogens with one attached hydrogen (secondary N) is 1. The van der Waals surface area contributed by atoms with E-state index < -0.39 is 34.9 Å². The second kappa shape index (κ2) is 9.94. The summed E-state index contributed by atoms with van der Waals surface area (Å²) in [5.41, 5.74) is -0.427. The molecule has 1 saturated carbocycles. The van der Waals surface area contributed by atoms with Crippen LogP contribution in [0.15, 0.2) is 48.5 Å². The Morgan fingerprint density at radius 2 is 1.22 bits per heavy atom. The largest absolute Gasteiger partial charge is 0.481 e. The molecule has 2 atom stereocenters. The highest BCUT2D eigenvalue weighted by Crippen LogP contribution is 2.65. The van der Waals surface area contributed by atoms with Crippen LogP contribution in [0.2, 0.25) is 0 Å². The molecule has 2 unspecified atom stereocenters. The number of hydrogen-bond acceptors (Lipinski definition) is 6. The van der Waals surface area contributed by atoms with Crippen LogP contribution < -0.4 is 5.32 Å². The van der Waals surface area contributed by atoms with E-state index in [0.29, 0.717) is 22.3 Å². The Balaban J connectivity index is 1.79. The maximum Gasteiger partial charge on any atom is 0.311 e. The van der Waals surface area contributed by atoms with Crippen molar-refractivity contribution >= 4 is 11.9 Å². The van der Waals surface area contributed by atoms with Crippen LogP contribution in [-0.4, -0.2) is 59.7 Å². The lowest BCUT2D eigenvalue weighted by Crippen LogP contribution is -2.68. The zero-order valence-corrected chi connectivity index (χ0v) is 20.2. The van der Waals surface area contributed by atoms with Gasteiger partial charge in [-0.25, -0.2) is 0 Å². The summed E-state index contributed by atoms with van der Waals surface area (Å²) in [6.07, 6.45) is 4.84. The van der Waals surface area contributed by atoms with Crippen molar-refractivity contribution in [3.8, 4) is 0 Å². The number of carbonyl (C=O) groups is 2. The molecule has 0 spiro atoms. The molecule has 4 aliphatic rings. The fourth-order valence-electron chi connectivity index (χ4n) is 6.79. The summed E-state index contributed by atoms with van der Waals surface area (Å²) in [6, 6.07) is 14.6. The molecule has 4 N–H and O–H groups in total. The number of hydrogen-bond donors (Lipinski definition) is 4. The number of benzene rings is 2. The molecule has 2 aromatic rings. The highest BCUT2D eigenvalue weighted by molar-refractivity contribution is 5.91. The van der Waals surface area contributed by atoms with Crippen LogP contribution in [0.5, 0.6) is 0 Å². The molecule has 0 aromatic heterocycles. The molecule has 6 rings (SSSR count). The summed E-state index contributed by atoms with van der Waals surface area (Å²) in [5, 5.41) is 33.3. The molecule has 0 heterocycles. The normalized spacial score (nSPS) is 28.8. The molecule has 0 aliphatic heterocycles. The van der Waals surface area contributed by atoms with Gasteiger partial charge in [-0.05, 0) is 35.1 Å². The number of fused-ring (bicyclic) bond motifs is 1. The zero-order chi connectivity index (χ0) is 25.3. The average Bonchev–Trinajstić information content (AvgIpc) is 2.91. The number of ether oxygens (including phenoxy) is 2. The van der Waals surface area contributed by atoms with Gasteiger partial charge >= 0.3 is 5.97 Å². The first-order valence-corrected chi connectivity index (χ1v) is 12.7. The lowest BCUT2D eigenvalue weighted by atomic mass is 9.49. The maximum absolute atomic E-state index is 14.2. The lowest BCUT2D eigenvalue weighted by molar-refractivity contribution is -0.200. The second-order valence-electron chi connectivity index (χ2n) is 9.84. The van der Waals surface area contributed by atoms with E-state index >= 15 is 0 Å². The molecule has 192 valence electrons. The third kappa shape index (κ3) is 3.58. The van der Waals surface area contributed by atoms with Crippen LogP contribution in [0.25, 0.3) is 0 Å². The van der Waals surface area contributed by atoms with E-state index in [-0.39, 0.29) is 32.5 Å². The van der Waals surface area contributed by atoms with Crippen molar-refractivity contribution in [1.29, 1.82) is 0 Å². The third-order valence-corrected chi connectivity index (χ3v) is 8.01. The quantitative estimate of drug-likeness (QED) is 0.421. The molecule has 2 aromatic carbocycles. The van der Waals surface area contributed by atoms with Crippen molar-refractivity contribution in [2.24, 2.45) is 11.8 Å². The van der Waals surface area contributed by atoms with E-state index in [2.05, 4.69) is 5.32 Å². The van der Waals surface area contributed by atoms with Gasteiger partial charge in [0.2, 0.25) is 5.91 Å². The number of aliphatic hydroxyl groups excluding tert-OH is 2. The summed E-state index contributed by atoms with van der Waals surface area (Å²) < 4.78 is 12.8. The molecule has 0 saturated heterocycles. The number of aliphatic carboxylic acids is 1. The molecule has 2 bridgehead atoms. The van der Waals surface area contributed by atoms with Gasteiger partial charge in [-0.3, -0.25) is 9.59 Å². The van der Waals surface area contributed by atoms with Gasteiger partial charge in [-0.15, -0.1) is 0 Å². The SMILES string of the molecule is O=C(O)C1C(C(=O)NC2CCCCC2)C2(OCCO)c3ccccc3C1(OCCO)c1ccccc12. The summed E-state index contributed by atoms with van der Waals surface area (Å²) in [7, 11) is 0. The number of carboxylic acids is 1. The standard InChI is InChI=1S/C28H33NO7/c30-14-16-35-27-19-10-4-6-12-21(19)28(36-17-15-31,22-13-7-5-11-20(22)27)24(26(33)34)23(27)25(32)29-18-8-2-1-3-9-18/h4-7,10-13,18,23-24,30-31H,1-3,8-9,14-17H2,(H,29,32)(H,33,34). The molecule has 1 fully saturated rings. The predicted molar refractivity (Wildman–Crippen MR) is 130 cm³/mol. The predicted octanol–water partition coefficient (Wildman–Crippen LogP) is 2.28. The maximum atomic E-state index is 14.2. The van der Waals surface area contributed by atoms with Crippen LogP contribution in [0, 0.1) is 11.8 Å². The zero-order valence-electron chi connectivity index (χ0n) is 20.2. The fraction of sp³-hybridized carbons (Fsp3) is 0.500. The Morgan fingerprint density at radius 3 is 1.64 bits per heavy atom. The summed E-state index contributed by atoms with van der Waals surface area (Å²) >= 11 is 0. The molecular formula is C28H33NO7. The number of aliphatic hydroxyl groups is 2. The van der Waals surface area contributed by atoms with Gasteiger partial charge < -0.3 is 30.1 Å². The van der Waals surface area contributed by atoms with Crippen molar-refractivity contribution in [3.63, 3.8) is 0 Å². The van der Waals surface area contributed by atoms with E-state index in [1.807, 2.05) is 48.5 Å². The Hall–Kier alpha value is -2.78. The minimum Gasteiger partial charge on any atom is -0.481 e. The van der Waals surface area contributed by atoms with E-state index in [0.717, 1.165) is 32.1 Å². The van der Waals surface area contributed by atoms with Crippen molar-refractivity contribution in [2.75, 3.05) is 26.4 Å². The molecule has 8 nitrogen and oxygen atoms in total. The van der Waals surface area contributed by atoms with E-state index in [9.17, 15) is 24.9 Å². The second-order valence-corrected chi connectivity index (χ2v) is 9.84. The van der Waals surface area contributed by atoms with Gasteiger partial charge in [-0.1, -0.05) is 67.8 Å². The van der Waals surface area contributed by atoms with Gasteiger partial charge in [0, 0.05) is 6.04 Å².